The number of benzene rings is 3. The molecule has 0 saturated carbocycles. The first kappa shape index (κ1) is 54.6. The van der Waals surface area contributed by atoms with Crippen molar-refractivity contribution in [2.75, 3.05) is 50.4 Å². The van der Waals surface area contributed by atoms with Crippen molar-refractivity contribution in [3.05, 3.63) is 93.9 Å². The van der Waals surface area contributed by atoms with Gasteiger partial charge in [-0.2, -0.15) is 0 Å². The van der Waals surface area contributed by atoms with Crippen LogP contribution in [0.1, 0.15) is 52.1 Å². The van der Waals surface area contributed by atoms with Gasteiger partial charge in [0.05, 0.1) is 37.2 Å². The van der Waals surface area contributed by atoms with Gasteiger partial charge in [0, 0.05) is 25.3 Å². The number of nitrogen functional groups attached to an aromatic ring is 1. The Bertz CT molecular complexity index is 2210. The van der Waals surface area contributed by atoms with E-state index < -0.39 is 74.0 Å². The molecular formula is C45H64ClN9O12. The number of halogens is 1. The molecule has 0 aliphatic heterocycles. The first-order valence-corrected chi connectivity index (χ1v) is 22.2. The van der Waals surface area contributed by atoms with Crippen molar-refractivity contribution < 1.29 is 60.7 Å². The molecule has 0 bridgehead atoms. The SMILES string of the molecule is Cc1nc(N)c(C(=O)NC(N)=NCCCCc2ccc3cc(C[C@H](N)C(=O)Nc4ccc(CCCN(C[C@H](O)[C@@H](O)[C@H](O)[C@H](O)CO)C[C@H](O)[C@@H](O)[C@H](O)[C@H](O)CO)cc4)ccc3c2)nc1Cl. The smallest absolute Gasteiger partial charge is 0.280 e. The predicted octanol–water partition coefficient (Wildman–Crippen LogP) is -2.14. The molecule has 0 fully saturated rings. The largest absolute Gasteiger partial charge is 0.394 e. The molecule has 22 heteroatoms. The van der Waals surface area contributed by atoms with E-state index >= 15 is 0 Å². The number of unbranched alkanes of at least 4 members (excludes halogenated alkanes) is 1. The lowest BCUT2D eigenvalue weighted by molar-refractivity contribution is -0.130. The van der Waals surface area contributed by atoms with Crippen LogP contribution in [0.2, 0.25) is 5.15 Å². The molecule has 368 valence electrons. The lowest BCUT2D eigenvalue weighted by atomic mass is 9.98. The number of hydrogen-bond acceptors (Lipinski definition) is 18. The van der Waals surface area contributed by atoms with Crippen molar-refractivity contribution in [3.8, 4) is 0 Å². The maximum absolute atomic E-state index is 13.1. The van der Waals surface area contributed by atoms with Gasteiger partial charge in [0.15, 0.2) is 22.6 Å². The van der Waals surface area contributed by atoms with Gasteiger partial charge in [-0.3, -0.25) is 24.8 Å². The summed E-state index contributed by atoms with van der Waals surface area (Å²) in [5, 5.41) is 107. The van der Waals surface area contributed by atoms with E-state index in [1.165, 1.54) is 4.90 Å². The summed E-state index contributed by atoms with van der Waals surface area (Å²) in [6.07, 6.45) is -10.8. The van der Waals surface area contributed by atoms with E-state index in [4.69, 9.17) is 39.0 Å². The number of nitrogens with zero attached hydrogens (tertiary/aromatic N) is 4. The summed E-state index contributed by atoms with van der Waals surface area (Å²) in [6.45, 7) is -0.309. The van der Waals surface area contributed by atoms with Crippen LogP contribution < -0.4 is 27.8 Å². The van der Waals surface area contributed by atoms with Gasteiger partial charge in [-0.15, -0.1) is 0 Å². The molecule has 21 nitrogen and oxygen atoms in total. The van der Waals surface area contributed by atoms with E-state index in [0.29, 0.717) is 37.2 Å². The highest BCUT2D eigenvalue weighted by Gasteiger charge is 2.34. The van der Waals surface area contributed by atoms with Crippen molar-refractivity contribution in [3.63, 3.8) is 0 Å². The van der Waals surface area contributed by atoms with Crippen LogP contribution in [-0.2, 0) is 24.1 Å². The van der Waals surface area contributed by atoms with Crippen LogP contribution >= 0.6 is 11.6 Å². The van der Waals surface area contributed by atoms with E-state index in [0.717, 1.165) is 46.7 Å². The average Bonchev–Trinajstić information content (AvgIpc) is 3.31. The molecule has 67 heavy (non-hydrogen) atoms. The fourth-order valence-corrected chi connectivity index (χ4v) is 7.26. The fraction of sp³-hybridized carbons (Fsp3) is 0.489. The van der Waals surface area contributed by atoms with Gasteiger partial charge in [0.2, 0.25) is 5.91 Å². The zero-order chi connectivity index (χ0) is 49.4. The number of aliphatic imine (C=N–C) groups is 1. The van der Waals surface area contributed by atoms with Gasteiger partial charge in [-0.05, 0) is 91.6 Å². The highest BCUT2D eigenvalue weighted by molar-refractivity contribution is 6.30. The van der Waals surface area contributed by atoms with Crippen LogP contribution in [0.5, 0.6) is 0 Å². The van der Waals surface area contributed by atoms with Crippen LogP contribution in [-0.4, -0.2) is 178 Å². The Morgan fingerprint density at radius 2 is 1.25 bits per heavy atom. The first-order chi connectivity index (χ1) is 31.8. The number of amides is 2. The topological polar surface area (TPSA) is 380 Å². The van der Waals surface area contributed by atoms with E-state index in [2.05, 4.69) is 31.7 Å². The zero-order valence-corrected chi connectivity index (χ0v) is 37.9. The van der Waals surface area contributed by atoms with Crippen LogP contribution in [0, 0.1) is 6.92 Å². The third-order valence-corrected chi connectivity index (χ3v) is 11.5. The predicted molar refractivity (Wildman–Crippen MR) is 251 cm³/mol. The first-order valence-electron chi connectivity index (χ1n) is 21.8. The zero-order valence-electron chi connectivity index (χ0n) is 37.1. The Morgan fingerprint density at radius 1 is 0.731 bits per heavy atom. The number of anilines is 2. The number of nitrogens with one attached hydrogen (secondary N) is 2. The number of nitrogens with two attached hydrogens (primary N) is 3. The second-order valence-corrected chi connectivity index (χ2v) is 16.8. The summed E-state index contributed by atoms with van der Waals surface area (Å²) in [5.41, 5.74) is 21.7. The van der Waals surface area contributed by atoms with Crippen LogP contribution in [0.15, 0.2) is 65.7 Å². The standard InChI is InChI=1S/C45H64ClN9O12/c1-24-41(46)53-36(42(48)51-24)44(67)54-45(49)50-15-3-2-5-26-7-11-29-18-27(8-12-28(29)17-26)19-31(47)43(66)52-30-13-9-25(10-14-30)6-4-16-55(20-32(58)37(62)39(64)34(60)22-56)21-33(59)38(63)40(65)35(61)23-57/h7-14,17-18,31-35,37-40,56-65H,2-6,15-16,19-23,47H2,1H3,(H2,48,51)(H,52,66)(H3,49,50,54,67)/t31-,32-,33-,34+,35+,37+,38+,39+,40+/m0/s1. The number of guanidine groups is 1. The number of carbonyl (C=O) groups excluding carboxylic acids is 2. The quantitative estimate of drug-likeness (QED) is 0.0181. The van der Waals surface area contributed by atoms with Gasteiger partial charge in [-0.1, -0.05) is 60.1 Å². The maximum atomic E-state index is 13.1. The fourth-order valence-electron chi connectivity index (χ4n) is 7.14. The number of rotatable bonds is 26. The summed E-state index contributed by atoms with van der Waals surface area (Å²) in [7, 11) is 0. The molecule has 0 aliphatic carbocycles. The van der Waals surface area contributed by atoms with Crippen LogP contribution in [0.3, 0.4) is 0 Å². The number of aromatic nitrogens is 2. The number of carbonyl (C=O) groups is 2. The molecule has 3 aromatic carbocycles. The van der Waals surface area contributed by atoms with Gasteiger partial charge in [-0.25, -0.2) is 9.97 Å². The van der Waals surface area contributed by atoms with Crippen LogP contribution in [0.25, 0.3) is 10.8 Å². The molecular weight excluding hydrogens is 894 g/mol. The van der Waals surface area contributed by atoms with E-state index in [1.807, 2.05) is 30.3 Å². The van der Waals surface area contributed by atoms with Crippen molar-refractivity contribution in [2.24, 2.45) is 16.5 Å². The molecule has 0 spiro atoms. The molecule has 4 aromatic rings. The van der Waals surface area contributed by atoms with Crippen LogP contribution in [0.4, 0.5) is 11.5 Å². The Hall–Kier alpha value is -4.98. The Labute approximate surface area is 392 Å². The van der Waals surface area contributed by atoms with Crippen molar-refractivity contribution in [2.45, 2.75) is 100 Å². The highest BCUT2D eigenvalue weighted by atomic mass is 35.5. The number of aliphatic hydroxyl groups excluding tert-OH is 10. The monoisotopic (exact) mass is 957 g/mol. The van der Waals surface area contributed by atoms with Gasteiger partial charge < -0.3 is 73.6 Å². The number of hydrogen-bond donors (Lipinski definition) is 15. The molecule has 0 unspecified atom stereocenters. The molecule has 0 radical (unpaired) electrons. The lowest BCUT2D eigenvalue weighted by Crippen LogP contribution is -2.53. The molecule has 1 aromatic heterocycles. The molecule has 9 atom stereocenters. The molecule has 2 amide bonds. The molecule has 4 rings (SSSR count). The Kier molecular flexibility index (Phi) is 21.6. The second-order valence-electron chi connectivity index (χ2n) is 16.5. The minimum absolute atomic E-state index is 0.0648. The molecule has 0 saturated heterocycles. The summed E-state index contributed by atoms with van der Waals surface area (Å²) < 4.78 is 0. The summed E-state index contributed by atoms with van der Waals surface area (Å²) in [6, 6.07) is 18.3. The third kappa shape index (κ3) is 16.6. The Morgan fingerprint density at radius 3 is 1.84 bits per heavy atom. The number of fused-ring (bicyclic) bond motifs is 1. The molecule has 18 N–H and O–H groups in total. The number of aliphatic hydroxyl groups is 10. The van der Waals surface area contributed by atoms with Crippen molar-refractivity contribution in [1.82, 2.24) is 20.2 Å². The van der Waals surface area contributed by atoms with Crippen molar-refractivity contribution >= 4 is 51.7 Å². The normalized spacial score (nSPS) is 16.2. The minimum atomic E-state index is -1.89. The minimum Gasteiger partial charge on any atom is -0.394 e. The molecule has 0 aliphatic rings. The maximum Gasteiger partial charge on any atom is 0.280 e. The summed E-state index contributed by atoms with van der Waals surface area (Å²) in [4.78, 5) is 39.2. The molecule has 1 heterocycles. The van der Waals surface area contributed by atoms with Gasteiger partial charge >= 0.3 is 0 Å². The summed E-state index contributed by atoms with van der Waals surface area (Å²) in [5.74, 6) is -1.17. The second kappa shape index (κ2) is 26.5. The number of aryl methyl sites for hydroxylation is 3. The average molecular weight is 959 g/mol. The third-order valence-electron chi connectivity index (χ3n) is 11.1. The lowest BCUT2D eigenvalue weighted by Gasteiger charge is -2.33. The van der Waals surface area contributed by atoms with Gasteiger partial charge in [0.1, 0.15) is 36.6 Å². The van der Waals surface area contributed by atoms with Gasteiger partial charge in [0.25, 0.3) is 5.91 Å². The summed E-state index contributed by atoms with van der Waals surface area (Å²) >= 11 is 5.96. The van der Waals surface area contributed by atoms with E-state index in [-0.39, 0.29) is 48.2 Å². The Balaban J connectivity index is 1.24. The van der Waals surface area contributed by atoms with Crippen molar-refractivity contribution in [1.29, 1.82) is 0 Å². The van der Waals surface area contributed by atoms with E-state index in [1.54, 1.807) is 31.2 Å². The highest BCUT2D eigenvalue weighted by Crippen LogP contribution is 2.21. The van der Waals surface area contributed by atoms with E-state index in [9.17, 15) is 50.4 Å².